The van der Waals surface area contributed by atoms with Crippen molar-refractivity contribution >= 4 is 40.0 Å². The molecule has 0 fully saturated rings. The molecule has 0 aliphatic carbocycles. The van der Waals surface area contributed by atoms with E-state index in [1.807, 2.05) is 0 Å². The van der Waals surface area contributed by atoms with Gasteiger partial charge in [-0.15, -0.1) is 24.0 Å². The van der Waals surface area contributed by atoms with Crippen LogP contribution in [0.25, 0.3) is 0 Å². The number of halogens is 1. The van der Waals surface area contributed by atoms with E-state index in [-0.39, 0.29) is 28.9 Å². The number of rotatable bonds is 10. The third kappa shape index (κ3) is 11.0. The van der Waals surface area contributed by atoms with Gasteiger partial charge in [0.2, 0.25) is 10.0 Å². The highest BCUT2D eigenvalue weighted by Crippen LogP contribution is 2.09. The molecule has 0 atom stereocenters. The molecule has 0 heterocycles. The number of nitrogens with one attached hydrogen (secondary N) is 2. The lowest BCUT2D eigenvalue weighted by Gasteiger charge is -2.12. The van der Waals surface area contributed by atoms with Crippen LogP contribution >= 0.6 is 24.0 Å². The van der Waals surface area contributed by atoms with Gasteiger partial charge < -0.3 is 10.6 Å². The van der Waals surface area contributed by atoms with Gasteiger partial charge in [0, 0.05) is 20.1 Å². The summed E-state index contributed by atoms with van der Waals surface area (Å²) in [6.45, 7) is 5.99. The van der Waals surface area contributed by atoms with Crippen LogP contribution in [0.1, 0.15) is 51.5 Å². The van der Waals surface area contributed by atoms with E-state index in [0.29, 0.717) is 6.54 Å². The highest BCUT2D eigenvalue weighted by Gasteiger charge is 2.06. The van der Waals surface area contributed by atoms with Gasteiger partial charge in [-0.05, 0) is 30.0 Å². The number of primary sulfonamides is 1. The van der Waals surface area contributed by atoms with Crippen molar-refractivity contribution < 1.29 is 8.42 Å². The van der Waals surface area contributed by atoms with Crippen LogP contribution < -0.4 is 15.8 Å². The van der Waals surface area contributed by atoms with Crippen molar-refractivity contribution in [3.8, 4) is 0 Å². The number of unbranched alkanes of at least 4 members (excludes halogenated alkanes) is 3. The molecule has 1 rings (SSSR count). The second-order valence-electron chi connectivity index (χ2n) is 6.64. The number of hydrogen-bond acceptors (Lipinski definition) is 3. The summed E-state index contributed by atoms with van der Waals surface area (Å²) in [5.74, 6) is 1.54. The van der Waals surface area contributed by atoms with Crippen LogP contribution in [0.4, 0.5) is 0 Å². The first kappa shape index (κ1) is 25.1. The largest absolute Gasteiger partial charge is 0.356 e. The highest BCUT2D eigenvalue weighted by atomic mass is 127. The van der Waals surface area contributed by atoms with Crippen LogP contribution in [0.5, 0.6) is 0 Å². The number of guanidine groups is 1. The molecule has 4 N–H and O–H groups in total. The molecule has 0 spiro atoms. The Kier molecular flexibility index (Phi) is 12.9. The normalized spacial score (nSPS) is 12.0. The van der Waals surface area contributed by atoms with Crippen molar-refractivity contribution in [2.75, 3.05) is 13.6 Å². The average Bonchev–Trinajstić information content (AvgIpc) is 2.56. The van der Waals surface area contributed by atoms with E-state index in [1.54, 1.807) is 19.2 Å². The number of nitrogens with two attached hydrogens (primary N) is 1. The fourth-order valence-electron chi connectivity index (χ4n) is 2.44. The number of nitrogens with zero attached hydrogens (tertiary/aromatic N) is 1. The molecule has 26 heavy (non-hydrogen) atoms. The van der Waals surface area contributed by atoms with Gasteiger partial charge in [0.15, 0.2) is 5.96 Å². The molecule has 150 valence electrons. The lowest BCUT2D eigenvalue weighted by Crippen LogP contribution is -2.37. The van der Waals surface area contributed by atoms with Crippen LogP contribution in [0.2, 0.25) is 0 Å². The zero-order valence-electron chi connectivity index (χ0n) is 16.0. The molecule has 0 unspecified atom stereocenters. The van der Waals surface area contributed by atoms with Gasteiger partial charge in [-0.2, -0.15) is 0 Å². The summed E-state index contributed by atoms with van der Waals surface area (Å²) in [4.78, 5) is 4.32. The predicted octanol–water partition coefficient (Wildman–Crippen LogP) is 3.22. The summed E-state index contributed by atoms with van der Waals surface area (Å²) >= 11 is 0. The standard InChI is InChI=1S/C18H32N4O2S.HI/c1-15(2)8-6-4-5-7-13-21-18(20-3)22-14-16-9-11-17(12-10-16)25(19,23)24;/h9-12,15H,4-8,13-14H2,1-3H3,(H2,19,23,24)(H2,20,21,22);1H. The molecule has 0 radical (unpaired) electrons. The lowest BCUT2D eigenvalue weighted by atomic mass is 10.0. The molecule has 8 heteroatoms. The molecule has 0 aromatic heterocycles. The Morgan fingerprint density at radius 3 is 2.23 bits per heavy atom. The summed E-state index contributed by atoms with van der Waals surface area (Å²) in [6.07, 6.45) is 6.25. The summed E-state index contributed by atoms with van der Waals surface area (Å²) in [5, 5.41) is 11.6. The Labute approximate surface area is 175 Å². The minimum atomic E-state index is -3.64. The third-order valence-corrected chi connectivity index (χ3v) is 4.87. The first-order valence-electron chi connectivity index (χ1n) is 8.89. The fourth-order valence-corrected chi connectivity index (χ4v) is 2.96. The summed E-state index contributed by atoms with van der Waals surface area (Å²) in [5.41, 5.74) is 0.962. The molecule has 0 saturated heterocycles. The second kappa shape index (κ2) is 13.3. The molecule has 1 aromatic carbocycles. The van der Waals surface area contributed by atoms with Crippen LogP contribution in [-0.4, -0.2) is 28.0 Å². The first-order valence-corrected chi connectivity index (χ1v) is 10.4. The molecule has 6 nitrogen and oxygen atoms in total. The highest BCUT2D eigenvalue weighted by molar-refractivity contribution is 14.0. The van der Waals surface area contributed by atoms with Gasteiger partial charge >= 0.3 is 0 Å². The van der Waals surface area contributed by atoms with E-state index in [9.17, 15) is 8.42 Å². The molecule has 0 aliphatic rings. The van der Waals surface area contributed by atoms with E-state index < -0.39 is 10.0 Å². The minimum Gasteiger partial charge on any atom is -0.356 e. The zero-order valence-corrected chi connectivity index (χ0v) is 19.1. The van der Waals surface area contributed by atoms with E-state index in [4.69, 9.17) is 5.14 Å². The van der Waals surface area contributed by atoms with Crippen LogP contribution in [0, 0.1) is 5.92 Å². The zero-order chi connectivity index (χ0) is 18.7. The summed E-state index contributed by atoms with van der Waals surface area (Å²) in [7, 11) is -1.90. The van der Waals surface area contributed by atoms with Crippen molar-refractivity contribution in [2.45, 2.75) is 57.4 Å². The molecular weight excluding hydrogens is 463 g/mol. The number of aliphatic imine (C=N–C) groups is 1. The number of benzene rings is 1. The lowest BCUT2D eigenvalue weighted by molar-refractivity contribution is 0.518. The monoisotopic (exact) mass is 496 g/mol. The molecular formula is C18H33IN4O2S. The van der Waals surface area contributed by atoms with Crippen molar-refractivity contribution in [1.29, 1.82) is 0 Å². The van der Waals surface area contributed by atoms with E-state index in [1.165, 1.54) is 37.8 Å². The van der Waals surface area contributed by atoms with Crippen LogP contribution in [0.15, 0.2) is 34.2 Å². The van der Waals surface area contributed by atoms with Gasteiger partial charge in [-0.3, -0.25) is 4.99 Å². The maximum atomic E-state index is 11.2. The van der Waals surface area contributed by atoms with Crippen LogP contribution in [-0.2, 0) is 16.6 Å². The van der Waals surface area contributed by atoms with Gasteiger partial charge in [0.25, 0.3) is 0 Å². The second-order valence-corrected chi connectivity index (χ2v) is 8.20. The minimum absolute atomic E-state index is 0. The van der Waals surface area contributed by atoms with E-state index in [2.05, 4.69) is 29.5 Å². The maximum absolute atomic E-state index is 11.2. The Balaban J connectivity index is 0.00000625. The topological polar surface area (TPSA) is 96.6 Å². The van der Waals surface area contributed by atoms with Crippen molar-refractivity contribution in [3.05, 3.63) is 29.8 Å². The molecule has 0 aliphatic heterocycles. The van der Waals surface area contributed by atoms with E-state index >= 15 is 0 Å². The van der Waals surface area contributed by atoms with E-state index in [0.717, 1.165) is 30.4 Å². The third-order valence-electron chi connectivity index (χ3n) is 3.94. The number of sulfonamides is 1. The smallest absolute Gasteiger partial charge is 0.238 e. The van der Waals surface area contributed by atoms with Gasteiger partial charge in [0.05, 0.1) is 4.90 Å². The first-order chi connectivity index (χ1) is 11.8. The Bertz CT molecular complexity index is 631. The molecule has 0 saturated carbocycles. The van der Waals surface area contributed by atoms with Crippen molar-refractivity contribution in [1.82, 2.24) is 10.6 Å². The predicted molar refractivity (Wildman–Crippen MR) is 119 cm³/mol. The Morgan fingerprint density at radius 1 is 1.08 bits per heavy atom. The van der Waals surface area contributed by atoms with Gasteiger partial charge in [-0.25, -0.2) is 13.6 Å². The van der Waals surface area contributed by atoms with Gasteiger partial charge in [0.1, 0.15) is 0 Å². The summed E-state index contributed by atoms with van der Waals surface area (Å²) < 4.78 is 22.5. The Hall–Kier alpha value is -0.870. The molecule has 0 bridgehead atoms. The van der Waals surface area contributed by atoms with Gasteiger partial charge in [-0.1, -0.05) is 51.7 Å². The van der Waals surface area contributed by atoms with Crippen molar-refractivity contribution in [3.63, 3.8) is 0 Å². The molecule has 0 amide bonds. The fraction of sp³-hybridized carbons (Fsp3) is 0.611. The quantitative estimate of drug-likeness (QED) is 0.201. The Morgan fingerprint density at radius 2 is 1.69 bits per heavy atom. The van der Waals surface area contributed by atoms with Crippen molar-refractivity contribution in [2.24, 2.45) is 16.0 Å². The maximum Gasteiger partial charge on any atom is 0.238 e. The number of hydrogen-bond donors (Lipinski definition) is 3. The SMILES string of the molecule is CN=C(NCCCCCCC(C)C)NCc1ccc(S(N)(=O)=O)cc1.I. The molecule has 1 aromatic rings. The summed E-state index contributed by atoms with van der Waals surface area (Å²) in [6, 6.07) is 6.52. The average molecular weight is 496 g/mol. The van der Waals surface area contributed by atoms with Crippen LogP contribution in [0.3, 0.4) is 0 Å².